The highest BCUT2D eigenvalue weighted by Gasteiger charge is 2.07. The second kappa shape index (κ2) is 4.66. The van der Waals surface area contributed by atoms with Crippen LogP contribution >= 0.6 is 0 Å². The van der Waals surface area contributed by atoms with Crippen molar-refractivity contribution in [3.05, 3.63) is 5.82 Å². The lowest BCUT2D eigenvalue weighted by atomic mass is 10.2. The van der Waals surface area contributed by atoms with E-state index >= 15 is 0 Å². The van der Waals surface area contributed by atoms with Gasteiger partial charge >= 0.3 is 0 Å². The number of nitrogens with one attached hydrogen (secondary N) is 1. The molecule has 0 amide bonds. The van der Waals surface area contributed by atoms with Gasteiger partial charge in [0.1, 0.15) is 5.78 Å². The third kappa shape index (κ3) is 3.29. The van der Waals surface area contributed by atoms with E-state index in [1.807, 2.05) is 7.05 Å². The summed E-state index contributed by atoms with van der Waals surface area (Å²) in [6.07, 6.45) is 0.782. The Morgan fingerprint density at radius 1 is 1.62 bits per heavy atom. The summed E-state index contributed by atoms with van der Waals surface area (Å²) in [5.74, 6) is 0.617. The van der Waals surface area contributed by atoms with Gasteiger partial charge in [-0.05, 0) is 12.3 Å². The summed E-state index contributed by atoms with van der Waals surface area (Å²) in [5.41, 5.74) is 0. The average molecular weight is 183 g/mol. The number of carbonyl (C=O) groups excluding carboxylic acids is 1. The summed E-state index contributed by atoms with van der Waals surface area (Å²) >= 11 is 0. The van der Waals surface area contributed by atoms with Gasteiger partial charge in [0.15, 0.2) is 5.82 Å². The first kappa shape index (κ1) is 9.79. The molecule has 0 aliphatic heterocycles. The molecule has 0 atom stereocenters. The first-order chi connectivity index (χ1) is 6.22. The van der Waals surface area contributed by atoms with Crippen molar-refractivity contribution in [1.29, 1.82) is 0 Å². The molecule has 1 N–H and O–H groups in total. The Morgan fingerprint density at radius 3 is 2.92 bits per heavy atom. The highest BCUT2D eigenvalue weighted by atomic mass is 16.1. The van der Waals surface area contributed by atoms with Crippen molar-refractivity contribution in [2.45, 2.75) is 12.8 Å². The highest BCUT2D eigenvalue weighted by Crippen LogP contribution is 1.92. The van der Waals surface area contributed by atoms with E-state index in [4.69, 9.17) is 0 Å². The number of rotatable bonds is 5. The van der Waals surface area contributed by atoms with Gasteiger partial charge in [-0.1, -0.05) is 0 Å². The Hall–Kier alpha value is -1.30. The molecule has 1 rings (SSSR count). The fourth-order valence-corrected chi connectivity index (χ4v) is 0.923. The van der Waals surface area contributed by atoms with Crippen LogP contribution in [-0.4, -0.2) is 39.6 Å². The van der Waals surface area contributed by atoms with Crippen LogP contribution in [0.4, 0.5) is 0 Å². The summed E-state index contributed by atoms with van der Waals surface area (Å²) in [6.45, 7) is 0.694. The van der Waals surface area contributed by atoms with Gasteiger partial charge in [-0.3, -0.25) is 4.79 Å². The lowest BCUT2D eigenvalue weighted by Crippen LogP contribution is -2.14. The number of aromatic nitrogens is 4. The van der Waals surface area contributed by atoms with Crippen LogP contribution in [0.5, 0.6) is 0 Å². The Morgan fingerprint density at radius 2 is 2.38 bits per heavy atom. The van der Waals surface area contributed by atoms with Gasteiger partial charge in [0.05, 0.1) is 13.5 Å². The summed E-state index contributed by atoms with van der Waals surface area (Å²) in [6, 6.07) is 0. The number of aryl methyl sites for hydroxylation is 1. The number of hydrogen-bond acceptors (Lipinski definition) is 5. The van der Waals surface area contributed by atoms with Crippen LogP contribution in [-0.2, 0) is 18.3 Å². The monoisotopic (exact) mass is 183 g/mol. The molecule has 0 spiro atoms. The molecule has 0 aromatic carbocycles. The molecule has 0 bridgehead atoms. The zero-order chi connectivity index (χ0) is 9.68. The normalized spacial score (nSPS) is 10.3. The minimum Gasteiger partial charge on any atom is -0.319 e. The molecular formula is C7H13N5O. The summed E-state index contributed by atoms with van der Waals surface area (Å²) in [7, 11) is 3.49. The van der Waals surface area contributed by atoms with Crippen LogP contribution in [0.3, 0.4) is 0 Å². The van der Waals surface area contributed by atoms with Crippen molar-refractivity contribution in [3.8, 4) is 0 Å². The quantitative estimate of drug-likeness (QED) is 0.629. The summed E-state index contributed by atoms with van der Waals surface area (Å²) in [4.78, 5) is 12.6. The molecule has 0 unspecified atom stereocenters. The van der Waals surface area contributed by atoms with Crippen molar-refractivity contribution in [3.63, 3.8) is 0 Å². The molecule has 0 radical (unpaired) electrons. The molecule has 0 fully saturated rings. The van der Waals surface area contributed by atoms with Crippen LogP contribution in [0.1, 0.15) is 12.2 Å². The third-order valence-electron chi connectivity index (χ3n) is 1.56. The van der Waals surface area contributed by atoms with Crippen LogP contribution < -0.4 is 5.32 Å². The van der Waals surface area contributed by atoms with Crippen molar-refractivity contribution in [2.24, 2.45) is 7.05 Å². The molecule has 0 aliphatic carbocycles. The maximum absolute atomic E-state index is 11.2. The Bertz CT molecular complexity index is 282. The van der Waals surface area contributed by atoms with Crippen LogP contribution in [0.25, 0.3) is 0 Å². The molecule has 1 aromatic rings. The van der Waals surface area contributed by atoms with Crippen molar-refractivity contribution >= 4 is 5.78 Å². The molecule has 0 saturated heterocycles. The number of carbonyl (C=O) groups is 1. The fourth-order valence-electron chi connectivity index (χ4n) is 0.923. The van der Waals surface area contributed by atoms with E-state index in [1.165, 1.54) is 4.80 Å². The van der Waals surface area contributed by atoms with Crippen molar-refractivity contribution in [1.82, 2.24) is 25.5 Å². The predicted octanol–water partition coefficient (Wildman–Crippen LogP) is -1.07. The lowest BCUT2D eigenvalue weighted by Gasteiger charge is -1.95. The Labute approximate surface area is 76.3 Å². The second-order valence-corrected chi connectivity index (χ2v) is 2.76. The highest BCUT2D eigenvalue weighted by molar-refractivity contribution is 5.80. The molecular weight excluding hydrogens is 170 g/mol. The number of ketones is 1. The predicted molar refractivity (Wildman–Crippen MR) is 46.1 cm³/mol. The maximum atomic E-state index is 11.2. The summed E-state index contributed by atoms with van der Waals surface area (Å²) < 4.78 is 0. The molecule has 6 nitrogen and oxygen atoms in total. The minimum absolute atomic E-state index is 0.127. The van der Waals surface area contributed by atoms with Gasteiger partial charge < -0.3 is 5.32 Å². The number of Topliss-reactive ketones (excluding diaryl/α,β-unsaturated/α-hetero) is 1. The van der Waals surface area contributed by atoms with Gasteiger partial charge in [0.25, 0.3) is 0 Å². The van der Waals surface area contributed by atoms with Crippen LogP contribution in [0, 0.1) is 0 Å². The first-order valence-electron chi connectivity index (χ1n) is 4.11. The van der Waals surface area contributed by atoms with E-state index < -0.39 is 0 Å². The molecule has 6 heteroatoms. The van der Waals surface area contributed by atoms with Gasteiger partial charge in [-0.15, -0.1) is 10.2 Å². The van der Waals surface area contributed by atoms with Crippen molar-refractivity contribution in [2.75, 3.05) is 13.6 Å². The van der Waals surface area contributed by atoms with Gasteiger partial charge in [0, 0.05) is 13.0 Å². The number of nitrogens with zero attached hydrogens (tertiary/aromatic N) is 4. The van der Waals surface area contributed by atoms with E-state index in [1.54, 1.807) is 7.05 Å². The minimum atomic E-state index is 0.127. The maximum Gasteiger partial charge on any atom is 0.182 e. The van der Waals surface area contributed by atoms with Crippen molar-refractivity contribution < 1.29 is 4.79 Å². The zero-order valence-electron chi connectivity index (χ0n) is 7.82. The molecule has 72 valence electrons. The van der Waals surface area contributed by atoms with E-state index in [0.29, 0.717) is 18.8 Å². The van der Waals surface area contributed by atoms with Crippen LogP contribution in [0.2, 0.25) is 0 Å². The summed E-state index contributed by atoms with van der Waals surface area (Å²) in [5, 5.41) is 14.2. The Kier molecular flexibility index (Phi) is 3.51. The second-order valence-electron chi connectivity index (χ2n) is 2.76. The van der Waals surface area contributed by atoms with E-state index in [2.05, 4.69) is 20.7 Å². The van der Waals surface area contributed by atoms with Crippen LogP contribution in [0.15, 0.2) is 0 Å². The van der Waals surface area contributed by atoms with Gasteiger partial charge in [-0.2, -0.15) is 4.80 Å². The third-order valence-corrected chi connectivity index (χ3v) is 1.56. The SMILES string of the molecule is CNCCC(=O)Cc1nnn(C)n1. The average Bonchev–Trinajstić information content (AvgIpc) is 2.48. The smallest absolute Gasteiger partial charge is 0.182 e. The van der Waals surface area contributed by atoms with E-state index in [-0.39, 0.29) is 12.2 Å². The lowest BCUT2D eigenvalue weighted by molar-refractivity contribution is -0.118. The topological polar surface area (TPSA) is 72.7 Å². The number of tetrazole rings is 1. The van der Waals surface area contributed by atoms with Gasteiger partial charge in [-0.25, -0.2) is 0 Å². The molecule has 0 saturated carbocycles. The fraction of sp³-hybridized carbons (Fsp3) is 0.714. The zero-order valence-corrected chi connectivity index (χ0v) is 7.82. The number of hydrogen-bond donors (Lipinski definition) is 1. The largest absolute Gasteiger partial charge is 0.319 e. The molecule has 13 heavy (non-hydrogen) atoms. The Balaban J connectivity index is 2.36. The molecule has 1 aromatic heterocycles. The van der Waals surface area contributed by atoms with E-state index in [0.717, 1.165) is 0 Å². The molecule has 1 heterocycles. The van der Waals surface area contributed by atoms with Gasteiger partial charge in [0.2, 0.25) is 0 Å². The molecule has 0 aliphatic rings. The van der Waals surface area contributed by atoms with E-state index in [9.17, 15) is 4.79 Å². The first-order valence-corrected chi connectivity index (χ1v) is 4.11. The standard InChI is InChI=1S/C7H13N5O/c1-8-4-3-6(13)5-7-9-11-12(2)10-7/h8H,3-5H2,1-2H3.